The van der Waals surface area contributed by atoms with E-state index in [1.807, 2.05) is 37.1 Å². The summed E-state index contributed by atoms with van der Waals surface area (Å²) in [7, 11) is 1.90. The summed E-state index contributed by atoms with van der Waals surface area (Å²) in [5.74, 6) is 1.27. The van der Waals surface area contributed by atoms with Gasteiger partial charge in [-0.05, 0) is 30.7 Å². The lowest BCUT2D eigenvalue weighted by atomic mass is 9.87. The monoisotopic (exact) mass is 498 g/mol. The summed E-state index contributed by atoms with van der Waals surface area (Å²) in [6.45, 7) is 4.93. The number of benzene rings is 1. The van der Waals surface area contributed by atoms with Gasteiger partial charge in [-0.15, -0.1) is 0 Å². The molecule has 1 fully saturated rings. The van der Waals surface area contributed by atoms with E-state index in [0.29, 0.717) is 5.95 Å². The Labute approximate surface area is 213 Å². The predicted molar refractivity (Wildman–Crippen MR) is 139 cm³/mol. The second-order valence-corrected chi connectivity index (χ2v) is 9.50. The van der Waals surface area contributed by atoms with Crippen molar-refractivity contribution in [3.8, 4) is 11.1 Å². The van der Waals surface area contributed by atoms with Crippen molar-refractivity contribution in [2.45, 2.75) is 12.5 Å². The smallest absolute Gasteiger partial charge is 0.225 e. The van der Waals surface area contributed by atoms with Crippen LogP contribution in [0.2, 0.25) is 0 Å². The van der Waals surface area contributed by atoms with Crippen molar-refractivity contribution < 1.29 is 4.39 Å². The quantitative estimate of drug-likeness (QED) is 0.394. The maximum Gasteiger partial charge on any atom is 0.225 e. The molecule has 0 unspecified atom stereocenters. The summed E-state index contributed by atoms with van der Waals surface area (Å²) in [4.78, 5) is 18.2. The molecule has 4 aromatic heterocycles. The van der Waals surface area contributed by atoms with E-state index in [0.717, 1.165) is 59.8 Å². The minimum atomic E-state index is -0.824. The second-order valence-electron chi connectivity index (χ2n) is 9.50. The van der Waals surface area contributed by atoms with Crippen LogP contribution in [0, 0.1) is 5.82 Å². The summed E-state index contributed by atoms with van der Waals surface area (Å²) in [5.41, 5.74) is 10.4. The first-order valence-electron chi connectivity index (χ1n) is 12.1. The van der Waals surface area contributed by atoms with E-state index in [2.05, 4.69) is 41.0 Å². The first kappa shape index (κ1) is 23.0. The lowest BCUT2D eigenvalue weighted by molar-refractivity contribution is 0.585. The number of piperazine rings is 1. The van der Waals surface area contributed by atoms with Crippen molar-refractivity contribution in [1.29, 1.82) is 0 Å². The molecule has 1 aromatic carbocycles. The average molecular weight is 499 g/mol. The fourth-order valence-electron chi connectivity index (χ4n) is 4.72. The lowest BCUT2D eigenvalue weighted by Crippen LogP contribution is -2.47. The Morgan fingerprint density at radius 2 is 1.54 bits per heavy atom. The standard InChI is InChI=1S/C26H27FN10/c1-26(28,20-3-5-22(27)6-4-20)21-13-29-25(30-14-21)36-9-7-35(8-10-36)24-23-11-18(16-37(23)33-17-31-24)19-12-32-34(2)15-19/h3-6,11-17H,7-10,28H2,1-2H3/t26-/m1/s1. The van der Waals surface area contributed by atoms with Gasteiger partial charge >= 0.3 is 0 Å². The van der Waals surface area contributed by atoms with Crippen LogP contribution in [0.4, 0.5) is 16.2 Å². The van der Waals surface area contributed by atoms with Gasteiger partial charge in [-0.2, -0.15) is 10.2 Å². The highest BCUT2D eigenvalue weighted by molar-refractivity contribution is 5.77. The molecule has 2 N–H and O–H groups in total. The van der Waals surface area contributed by atoms with E-state index in [-0.39, 0.29) is 5.82 Å². The summed E-state index contributed by atoms with van der Waals surface area (Å²) < 4.78 is 17.0. The third-order valence-corrected chi connectivity index (χ3v) is 6.97. The third kappa shape index (κ3) is 4.27. The molecule has 5 aromatic rings. The summed E-state index contributed by atoms with van der Waals surface area (Å²) >= 11 is 0. The summed E-state index contributed by atoms with van der Waals surface area (Å²) in [6.07, 6.45) is 10.9. The second kappa shape index (κ2) is 8.93. The van der Waals surface area contributed by atoms with Gasteiger partial charge in [-0.3, -0.25) is 4.68 Å². The molecule has 1 saturated heterocycles. The molecule has 0 radical (unpaired) electrons. The minimum Gasteiger partial charge on any atom is -0.351 e. The van der Waals surface area contributed by atoms with Gasteiger partial charge in [0.25, 0.3) is 0 Å². The lowest BCUT2D eigenvalue weighted by Gasteiger charge is -2.35. The first-order chi connectivity index (χ1) is 17.9. The highest BCUT2D eigenvalue weighted by atomic mass is 19.1. The molecule has 0 aliphatic carbocycles. The predicted octanol–water partition coefficient (Wildman–Crippen LogP) is 2.61. The van der Waals surface area contributed by atoms with Crippen LogP contribution in [0.5, 0.6) is 0 Å². The largest absolute Gasteiger partial charge is 0.351 e. The molecule has 188 valence electrons. The number of anilines is 2. The van der Waals surface area contributed by atoms with E-state index in [9.17, 15) is 4.39 Å². The van der Waals surface area contributed by atoms with Gasteiger partial charge in [0.1, 0.15) is 17.7 Å². The average Bonchev–Trinajstić information content (AvgIpc) is 3.55. The highest BCUT2D eigenvalue weighted by Crippen LogP contribution is 2.29. The number of rotatable bonds is 5. The van der Waals surface area contributed by atoms with Crippen LogP contribution in [0.3, 0.4) is 0 Å². The maximum atomic E-state index is 13.3. The number of hydrogen-bond donors (Lipinski definition) is 1. The first-order valence-corrected chi connectivity index (χ1v) is 12.1. The van der Waals surface area contributed by atoms with E-state index in [1.54, 1.807) is 35.5 Å². The Kier molecular flexibility index (Phi) is 5.56. The number of aromatic nitrogens is 7. The molecule has 0 bridgehead atoms. The highest BCUT2D eigenvalue weighted by Gasteiger charge is 2.26. The van der Waals surface area contributed by atoms with E-state index < -0.39 is 5.54 Å². The van der Waals surface area contributed by atoms with Gasteiger partial charge in [0.2, 0.25) is 5.95 Å². The molecule has 0 spiro atoms. The van der Waals surface area contributed by atoms with Crippen LogP contribution in [-0.2, 0) is 12.6 Å². The SMILES string of the molecule is Cn1cc(-c2cc3c(N4CCN(c5ncc([C@](C)(N)c6ccc(F)cc6)cn5)CC4)ncnn3c2)cn1. The van der Waals surface area contributed by atoms with Gasteiger partial charge in [0.05, 0.1) is 11.7 Å². The van der Waals surface area contributed by atoms with Crippen molar-refractivity contribution >= 4 is 17.3 Å². The summed E-state index contributed by atoms with van der Waals surface area (Å²) in [5, 5.41) is 8.67. The Bertz CT molecular complexity index is 1530. The number of hydrogen-bond acceptors (Lipinski definition) is 8. The van der Waals surface area contributed by atoms with E-state index >= 15 is 0 Å². The van der Waals surface area contributed by atoms with Crippen molar-refractivity contribution in [2.75, 3.05) is 36.0 Å². The topological polar surface area (TPSA) is 106 Å². The van der Waals surface area contributed by atoms with Crippen LogP contribution in [0.15, 0.2) is 67.6 Å². The Balaban J connectivity index is 1.17. The number of aryl methyl sites for hydroxylation is 1. The zero-order valence-electron chi connectivity index (χ0n) is 20.7. The molecule has 0 amide bonds. The maximum absolute atomic E-state index is 13.3. The number of fused-ring (bicyclic) bond motifs is 1. The van der Waals surface area contributed by atoms with E-state index in [1.165, 1.54) is 12.1 Å². The van der Waals surface area contributed by atoms with Gasteiger partial charge in [-0.25, -0.2) is 23.9 Å². The molecule has 6 rings (SSSR count). The molecule has 1 atom stereocenters. The van der Waals surface area contributed by atoms with Crippen LogP contribution in [-0.4, -0.2) is 60.5 Å². The van der Waals surface area contributed by atoms with Crippen molar-refractivity contribution in [3.05, 3.63) is 84.6 Å². The van der Waals surface area contributed by atoms with Crippen molar-refractivity contribution in [3.63, 3.8) is 0 Å². The van der Waals surface area contributed by atoms with Gasteiger partial charge < -0.3 is 15.5 Å². The van der Waals surface area contributed by atoms with E-state index in [4.69, 9.17) is 5.73 Å². The third-order valence-electron chi connectivity index (χ3n) is 6.97. The zero-order chi connectivity index (χ0) is 25.6. The molecular weight excluding hydrogens is 471 g/mol. The molecule has 10 nitrogen and oxygen atoms in total. The zero-order valence-corrected chi connectivity index (χ0v) is 20.7. The molecular formula is C26H27FN10. The molecule has 1 aliphatic heterocycles. The molecule has 1 aliphatic rings. The number of halogens is 1. The minimum absolute atomic E-state index is 0.293. The fourth-order valence-corrected chi connectivity index (χ4v) is 4.72. The Morgan fingerprint density at radius 3 is 2.22 bits per heavy atom. The Hall–Kier alpha value is -4.38. The fraction of sp³-hybridized carbons (Fsp3) is 0.269. The van der Waals surface area contributed by atoms with Crippen LogP contribution < -0.4 is 15.5 Å². The van der Waals surface area contributed by atoms with Gasteiger partial charge in [0.15, 0.2) is 5.82 Å². The van der Waals surface area contributed by atoms with Gasteiger partial charge in [-0.1, -0.05) is 12.1 Å². The normalized spacial score (nSPS) is 15.8. The number of nitrogens with two attached hydrogens (primary N) is 1. The molecule has 0 saturated carbocycles. The van der Waals surface area contributed by atoms with Crippen LogP contribution in [0.1, 0.15) is 18.1 Å². The number of nitrogens with zero attached hydrogens (tertiary/aromatic N) is 9. The van der Waals surface area contributed by atoms with Crippen molar-refractivity contribution in [2.24, 2.45) is 12.8 Å². The Morgan fingerprint density at radius 1 is 0.838 bits per heavy atom. The van der Waals surface area contributed by atoms with Crippen LogP contribution in [0.25, 0.3) is 16.6 Å². The molecule has 5 heterocycles. The molecule has 11 heteroatoms. The molecule has 37 heavy (non-hydrogen) atoms. The van der Waals surface area contributed by atoms with Crippen LogP contribution >= 0.6 is 0 Å². The van der Waals surface area contributed by atoms with Crippen molar-refractivity contribution in [1.82, 2.24) is 34.3 Å². The summed E-state index contributed by atoms with van der Waals surface area (Å²) in [6, 6.07) is 8.31. The van der Waals surface area contributed by atoms with Gasteiger partial charge in [0, 0.05) is 74.7 Å².